The maximum atomic E-state index is 4.35. The molecule has 0 aliphatic carbocycles. The lowest BCUT2D eigenvalue weighted by atomic mass is 10.0. The van der Waals surface area contributed by atoms with Crippen LogP contribution in [0.1, 0.15) is 0 Å². The van der Waals surface area contributed by atoms with Crippen molar-refractivity contribution >= 4 is 11.2 Å². The number of aryl methyl sites for hydroxylation is 1. The molecule has 0 fully saturated rings. The van der Waals surface area contributed by atoms with Gasteiger partial charge in [-0.1, -0.05) is 0 Å². The van der Waals surface area contributed by atoms with Crippen LogP contribution in [0.3, 0.4) is 0 Å². The van der Waals surface area contributed by atoms with Gasteiger partial charge in [0.25, 0.3) is 0 Å². The minimum atomic E-state index is 0.708. The molecule has 0 saturated heterocycles. The van der Waals surface area contributed by atoms with E-state index >= 15 is 0 Å². The summed E-state index contributed by atoms with van der Waals surface area (Å²) < 4.78 is 1.78. The van der Waals surface area contributed by atoms with Gasteiger partial charge in [-0.25, -0.2) is 9.97 Å². The molecule has 0 aromatic carbocycles. The van der Waals surface area contributed by atoms with Gasteiger partial charge in [0.2, 0.25) is 0 Å². The maximum absolute atomic E-state index is 4.35. The first kappa shape index (κ1) is 11.8. The van der Waals surface area contributed by atoms with Crippen LogP contribution in [0.2, 0.25) is 0 Å². The topological polar surface area (TPSA) is 72.3 Å². The number of aromatic amines is 1. The third kappa shape index (κ3) is 1.97. The number of aromatic nitrogens is 6. The normalized spacial score (nSPS) is 11.1. The zero-order valence-electron chi connectivity index (χ0n) is 11.4. The molecule has 0 aliphatic heterocycles. The third-order valence-corrected chi connectivity index (χ3v) is 3.41. The molecular weight excluding hydrogens is 264 g/mol. The first-order valence-corrected chi connectivity index (χ1v) is 6.54. The molecule has 0 amide bonds. The van der Waals surface area contributed by atoms with Gasteiger partial charge < -0.3 is 4.98 Å². The summed E-state index contributed by atoms with van der Waals surface area (Å²) in [7, 11) is 1.90. The molecule has 4 heterocycles. The minimum absolute atomic E-state index is 0.708. The maximum Gasteiger partial charge on any atom is 0.178 e. The van der Waals surface area contributed by atoms with E-state index in [1.54, 1.807) is 17.2 Å². The molecule has 0 unspecified atom stereocenters. The Morgan fingerprint density at radius 1 is 1.05 bits per heavy atom. The number of imidazole rings is 1. The van der Waals surface area contributed by atoms with Crippen LogP contribution in [-0.4, -0.2) is 29.7 Å². The van der Waals surface area contributed by atoms with E-state index in [-0.39, 0.29) is 0 Å². The van der Waals surface area contributed by atoms with Crippen molar-refractivity contribution in [2.45, 2.75) is 0 Å². The summed E-state index contributed by atoms with van der Waals surface area (Å²) in [6.45, 7) is 0. The molecule has 0 aliphatic rings. The average molecular weight is 276 g/mol. The zero-order chi connectivity index (χ0) is 14.2. The molecular formula is C15H12N6. The lowest BCUT2D eigenvalue weighted by Gasteiger charge is -2.04. The monoisotopic (exact) mass is 276 g/mol. The second-order valence-corrected chi connectivity index (χ2v) is 4.82. The van der Waals surface area contributed by atoms with Crippen molar-refractivity contribution in [3.05, 3.63) is 49.4 Å². The lowest BCUT2D eigenvalue weighted by molar-refractivity contribution is 0.768. The Hall–Kier alpha value is -3.02. The number of nitrogens with zero attached hydrogens (tertiary/aromatic N) is 5. The Balaban J connectivity index is 1.88. The van der Waals surface area contributed by atoms with Crippen LogP contribution in [0.4, 0.5) is 0 Å². The SMILES string of the molecule is Cn1cc(-c2cncc(-c3ccnc4nc[nH]c34)c2)cn1. The number of rotatable bonds is 2. The molecule has 6 heteroatoms. The standard InChI is InChI=1S/C15H12N6/c1-21-8-12(7-20-21)10-4-11(6-16-5-10)13-2-3-17-15-14(13)18-9-19-15/h2-9H,1H3,(H,17,18,19). The summed E-state index contributed by atoms with van der Waals surface area (Å²) in [5.41, 5.74) is 5.76. The molecule has 0 spiro atoms. The first-order valence-electron chi connectivity index (χ1n) is 6.54. The first-order chi connectivity index (χ1) is 10.3. The Kier molecular flexibility index (Phi) is 2.53. The van der Waals surface area contributed by atoms with Gasteiger partial charge in [-0.15, -0.1) is 0 Å². The van der Waals surface area contributed by atoms with E-state index in [0.29, 0.717) is 5.65 Å². The van der Waals surface area contributed by atoms with Crippen molar-refractivity contribution in [3.63, 3.8) is 0 Å². The molecule has 6 nitrogen and oxygen atoms in total. The van der Waals surface area contributed by atoms with Crippen molar-refractivity contribution < 1.29 is 0 Å². The molecule has 0 radical (unpaired) electrons. The Bertz CT molecular complexity index is 920. The Morgan fingerprint density at radius 2 is 1.95 bits per heavy atom. The van der Waals surface area contributed by atoms with Crippen molar-refractivity contribution in [2.24, 2.45) is 7.05 Å². The minimum Gasteiger partial charge on any atom is -0.343 e. The van der Waals surface area contributed by atoms with Gasteiger partial charge in [0.1, 0.15) is 0 Å². The van der Waals surface area contributed by atoms with Gasteiger partial charge >= 0.3 is 0 Å². The fourth-order valence-corrected chi connectivity index (χ4v) is 2.40. The van der Waals surface area contributed by atoms with Gasteiger partial charge in [0, 0.05) is 54.1 Å². The van der Waals surface area contributed by atoms with E-state index in [1.165, 1.54) is 0 Å². The second-order valence-electron chi connectivity index (χ2n) is 4.82. The van der Waals surface area contributed by atoms with Crippen molar-refractivity contribution in [3.8, 4) is 22.3 Å². The number of H-pyrrole nitrogens is 1. The van der Waals surface area contributed by atoms with Crippen LogP contribution < -0.4 is 0 Å². The van der Waals surface area contributed by atoms with E-state index in [9.17, 15) is 0 Å². The summed E-state index contributed by atoms with van der Waals surface area (Å²) in [6, 6.07) is 4.06. The van der Waals surface area contributed by atoms with Crippen LogP contribution in [0.5, 0.6) is 0 Å². The summed E-state index contributed by atoms with van der Waals surface area (Å²) in [5, 5.41) is 4.20. The van der Waals surface area contributed by atoms with Gasteiger partial charge in [-0.3, -0.25) is 9.67 Å². The fourth-order valence-electron chi connectivity index (χ4n) is 2.40. The highest BCUT2D eigenvalue weighted by atomic mass is 15.2. The number of nitrogens with one attached hydrogen (secondary N) is 1. The molecule has 0 saturated carbocycles. The molecule has 0 atom stereocenters. The summed E-state index contributed by atoms with van der Waals surface area (Å²) in [5.74, 6) is 0. The van der Waals surface area contributed by atoms with Crippen molar-refractivity contribution in [1.29, 1.82) is 0 Å². The summed E-state index contributed by atoms with van der Waals surface area (Å²) in [6.07, 6.45) is 10.9. The molecule has 0 bridgehead atoms. The zero-order valence-corrected chi connectivity index (χ0v) is 11.4. The Morgan fingerprint density at radius 3 is 2.81 bits per heavy atom. The molecule has 4 aromatic rings. The average Bonchev–Trinajstić information content (AvgIpc) is 3.15. The summed E-state index contributed by atoms with van der Waals surface area (Å²) in [4.78, 5) is 15.9. The van der Waals surface area contributed by atoms with Crippen LogP contribution in [-0.2, 0) is 7.05 Å². The van der Waals surface area contributed by atoms with E-state index in [1.807, 2.05) is 37.9 Å². The van der Waals surface area contributed by atoms with Crippen molar-refractivity contribution in [2.75, 3.05) is 0 Å². The highest BCUT2D eigenvalue weighted by Crippen LogP contribution is 2.28. The highest BCUT2D eigenvalue weighted by molar-refractivity contribution is 5.90. The van der Waals surface area contributed by atoms with Crippen LogP contribution in [0.15, 0.2) is 49.4 Å². The van der Waals surface area contributed by atoms with Crippen LogP contribution in [0.25, 0.3) is 33.4 Å². The largest absolute Gasteiger partial charge is 0.343 e. The second kappa shape index (κ2) is 4.52. The van der Waals surface area contributed by atoms with Crippen LogP contribution >= 0.6 is 0 Å². The van der Waals surface area contributed by atoms with Crippen LogP contribution in [0, 0.1) is 0 Å². The third-order valence-electron chi connectivity index (χ3n) is 3.41. The van der Waals surface area contributed by atoms with Gasteiger partial charge in [0.05, 0.1) is 18.0 Å². The molecule has 4 rings (SSSR count). The molecule has 1 N–H and O–H groups in total. The quantitative estimate of drug-likeness (QED) is 0.610. The number of hydrogen-bond acceptors (Lipinski definition) is 4. The molecule has 21 heavy (non-hydrogen) atoms. The fraction of sp³-hybridized carbons (Fsp3) is 0.0667. The lowest BCUT2D eigenvalue weighted by Crippen LogP contribution is -1.87. The van der Waals surface area contributed by atoms with Gasteiger partial charge in [0.15, 0.2) is 5.65 Å². The smallest absolute Gasteiger partial charge is 0.178 e. The number of pyridine rings is 2. The number of hydrogen-bond donors (Lipinski definition) is 1. The molecule has 4 aromatic heterocycles. The predicted octanol–water partition coefficient (Wildman–Crippen LogP) is 2.42. The van der Waals surface area contributed by atoms with Gasteiger partial charge in [-0.2, -0.15) is 5.10 Å². The highest BCUT2D eigenvalue weighted by Gasteiger charge is 2.09. The van der Waals surface area contributed by atoms with E-state index in [2.05, 4.69) is 31.1 Å². The van der Waals surface area contributed by atoms with Crippen molar-refractivity contribution in [1.82, 2.24) is 29.7 Å². The van der Waals surface area contributed by atoms with E-state index in [0.717, 1.165) is 27.8 Å². The molecule has 102 valence electrons. The summed E-state index contributed by atoms with van der Waals surface area (Å²) >= 11 is 0. The van der Waals surface area contributed by atoms with Gasteiger partial charge in [-0.05, 0) is 12.1 Å². The Labute approximate surface area is 120 Å². The number of fused-ring (bicyclic) bond motifs is 1. The predicted molar refractivity (Wildman–Crippen MR) is 79.3 cm³/mol. The van der Waals surface area contributed by atoms with E-state index in [4.69, 9.17) is 0 Å². The van der Waals surface area contributed by atoms with E-state index < -0.39 is 0 Å².